The van der Waals surface area contributed by atoms with Gasteiger partial charge in [0.2, 0.25) is 15.9 Å². The van der Waals surface area contributed by atoms with Crippen LogP contribution in [0.25, 0.3) is 0 Å². The number of sulfonamides is 1. The molecule has 0 aliphatic heterocycles. The third-order valence-electron chi connectivity index (χ3n) is 3.05. The van der Waals surface area contributed by atoms with Gasteiger partial charge < -0.3 is 10.1 Å². The maximum absolute atomic E-state index is 12.2. The molecule has 0 bridgehead atoms. The normalized spacial score (nSPS) is 11.1. The Morgan fingerprint density at radius 3 is 2.71 bits per heavy atom. The molecule has 1 heterocycles. The van der Waals surface area contributed by atoms with Crippen LogP contribution in [-0.2, 0) is 21.4 Å². The summed E-state index contributed by atoms with van der Waals surface area (Å²) in [6, 6.07) is 9.36. The fourth-order valence-corrected chi connectivity index (χ4v) is 3.14. The Balaban J connectivity index is 1.92. The van der Waals surface area contributed by atoms with Crippen molar-refractivity contribution in [1.29, 1.82) is 0 Å². The SMILES string of the molecule is COc1ccc(S(=O)(=O)NCC(=O)NCc2ccccn2)cc1Cl. The summed E-state index contributed by atoms with van der Waals surface area (Å²) in [5.74, 6) is -0.104. The van der Waals surface area contributed by atoms with E-state index in [0.717, 1.165) is 0 Å². The average Bonchev–Trinajstić information content (AvgIpc) is 2.59. The van der Waals surface area contributed by atoms with Crippen molar-refractivity contribution in [1.82, 2.24) is 15.0 Å². The molecule has 2 rings (SSSR count). The van der Waals surface area contributed by atoms with E-state index in [2.05, 4.69) is 15.0 Å². The first-order valence-corrected chi connectivity index (χ1v) is 8.78. The number of carbonyl (C=O) groups excluding carboxylic acids is 1. The molecule has 7 nitrogen and oxygen atoms in total. The molecule has 2 N–H and O–H groups in total. The number of hydrogen-bond donors (Lipinski definition) is 2. The molecule has 0 atom stereocenters. The Hall–Kier alpha value is -2.16. The quantitative estimate of drug-likeness (QED) is 0.767. The summed E-state index contributed by atoms with van der Waals surface area (Å²) in [4.78, 5) is 15.8. The fraction of sp³-hybridized carbons (Fsp3) is 0.200. The molecule has 0 spiro atoms. The maximum atomic E-state index is 12.2. The highest BCUT2D eigenvalue weighted by atomic mass is 35.5. The number of aromatic nitrogens is 1. The van der Waals surface area contributed by atoms with Crippen molar-refractivity contribution in [3.05, 3.63) is 53.3 Å². The van der Waals surface area contributed by atoms with Crippen LogP contribution in [0.4, 0.5) is 0 Å². The van der Waals surface area contributed by atoms with Gasteiger partial charge in [-0.1, -0.05) is 17.7 Å². The lowest BCUT2D eigenvalue weighted by Gasteiger charge is -2.09. The Labute approximate surface area is 145 Å². The number of hydrogen-bond acceptors (Lipinski definition) is 5. The zero-order valence-electron chi connectivity index (χ0n) is 12.8. The van der Waals surface area contributed by atoms with Crippen LogP contribution in [0.1, 0.15) is 5.69 Å². The largest absolute Gasteiger partial charge is 0.495 e. The molecule has 128 valence electrons. The second-order valence-electron chi connectivity index (χ2n) is 4.72. The number of nitrogens with one attached hydrogen (secondary N) is 2. The first-order valence-electron chi connectivity index (χ1n) is 6.92. The van der Waals surface area contributed by atoms with Gasteiger partial charge >= 0.3 is 0 Å². The number of halogens is 1. The molecule has 0 saturated carbocycles. The summed E-state index contributed by atoms with van der Waals surface area (Å²) in [7, 11) is -2.42. The fourth-order valence-electron chi connectivity index (χ4n) is 1.81. The van der Waals surface area contributed by atoms with Gasteiger partial charge in [0.25, 0.3) is 0 Å². The Kier molecular flexibility index (Phi) is 6.13. The number of amides is 1. The number of rotatable bonds is 7. The van der Waals surface area contributed by atoms with Gasteiger partial charge in [0.15, 0.2) is 0 Å². The summed E-state index contributed by atoms with van der Waals surface area (Å²) in [6.45, 7) is -0.172. The van der Waals surface area contributed by atoms with Crippen LogP contribution >= 0.6 is 11.6 Å². The minimum atomic E-state index is -3.85. The third-order valence-corrected chi connectivity index (χ3v) is 4.74. The topological polar surface area (TPSA) is 97.4 Å². The van der Waals surface area contributed by atoms with Crippen molar-refractivity contribution < 1.29 is 17.9 Å². The molecule has 0 aliphatic rings. The summed E-state index contributed by atoms with van der Waals surface area (Å²) < 4.78 is 31.5. The molecule has 0 unspecified atom stereocenters. The van der Waals surface area contributed by atoms with Crippen LogP contribution in [0.15, 0.2) is 47.5 Å². The number of benzene rings is 1. The van der Waals surface area contributed by atoms with Crippen molar-refractivity contribution in [3.63, 3.8) is 0 Å². The number of pyridine rings is 1. The molecule has 9 heteroatoms. The van der Waals surface area contributed by atoms with Crippen molar-refractivity contribution in [3.8, 4) is 5.75 Å². The van der Waals surface area contributed by atoms with E-state index in [4.69, 9.17) is 16.3 Å². The van der Waals surface area contributed by atoms with Gasteiger partial charge in [-0.2, -0.15) is 0 Å². The van der Waals surface area contributed by atoms with E-state index in [1.54, 1.807) is 24.4 Å². The summed E-state index contributed by atoms with van der Waals surface area (Å²) in [6.07, 6.45) is 1.61. The smallest absolute Gasteiger partial charge is 0.241 e. The van der Waals surface area contributed by atoms with Gasteiger partial charge in [-0.15, -0.1) is 0 Å². The van der Waals surface area contributed by atoms with E-state index < -0.39 is 22.5 Å². The Morgan fingerprint density at radius 1 is 1.29 bits per heavy atom. The zero-order chi connectivity index (χ0) is 17.6. The van der Waals surface area contributed by atoms with Gasteiger partial charge in [-0.3, -0.25) is 9.78 Å². The molecule has 1 amide bonds. The number of carbonyl (C=O) groups is 1. The highest BCUT2D eigenvalue weighted by Crippen LogP contribution is 2.26. The molecule has 0 radical (unpaired) electrons. The predicted molar refractivity (Wildman–Crippen MR) is 89.3 cm³/mol. The highest BCUT2D eigenvalue weighted by Gasteiger charge is 2.17. The van der Waals surface area contributed by atoms with E-state index in [1.807, 2.05) is 0 Å². The van der Waals surface area contributed by atoms with Gasteiger partial charge in [0.05, 0.1) is 35.8 Å². The molecular formula is C15H16ClN3O4S. The van der Waals surface area contributed by atoms with Crippen LogP contribution in [0, 0.1) is 0 Å². The molecule has 1 aromatic carbocycles. The van der Waals surface area contributed by atoms with Gasteiger partial charge in [0.1, 0.15) is 5.75 Å². The van der Waals surface area contributed by atoms with Crippen LogP contribution in [0.3, 0.4) is 0 Å². The van der Waals surface area contributed by atoms with E-state index in [0.29, 0.717) is 11.4 Å². The van der Waals surface area contributed by atoms with E-state index in [-0.39, 0.29) is 16.5 Å². The molecule has 0 fully saturated rings. The third kappa shape index (κ3) is 4.92. The minimum Gasteiger partial charge on any atom is -0.495 e. The lowest BCUT2D eigenvalue weighted by Crippen LogP contribution is -2.36. The number of nitrogens with zero attached hydrogens (tertiary/aromatic N) is 1. The monoisotopic (exact) mass is 369 g/mol. The number of ether oxygens (including phenoxy) is 1. The van der Waals surface area contributed by atoms with E-state index >= 15 is 0 Å². The molecule has 24 heavy (non-hydrogen) atoms. The van der Waals surface area contributed by atoms with Crippen LogP contribution in [0.5, 0.6) is 5.75 Å². The zero-order valence-corrected chi connectivity index (χ0v) is 14.4. The van der Waals surface area contributed by atoms with Crippen molar-refractivity contribution in [2.24, 2.45) is 0 Å². The molecule has 0 aliphatic carbocycles. The minimum absolute atomic E-state index is 0.0502. The van der Waals surface area contributed by atoms with Crippen molar-refractivity contribution >= 4 is 27.5 Å². The molecule has 1 aromatic heterocycles. The maximum Gasteiger partial charge on any atom is 0.241 e. The lowest BCUT2D eigenvalue weighted by molar-refractivity contribution is -0.120. The summed E-state index contributed by atoms with van der Waals surface area (Å²) >= 11 is 5.91. The van der Waals surface area contributed by atoms with Crippen LogP contribution < -0.4 is 14.8 Å². The first kappa shape index (κ1) is 18.2. The second-order valence-corrected chi connectivity index (χ2v) is 6.89. The Morgan fingerprint density at radius 2 is 2.08 bits per heavy atom. The second kappa shape index (κ2) is 8.09. The van der Waals surface area contributed by atoms with Gasteiger partial charge in [0, 0.05) is 6.20 Å². The summed E-state index contributed by atoms with van der Waals surface area (Å²) in [5.41, 5.74) is 0.677. The molecule has 0 saturated heterocycles. The van der Waals surface area contributed by atoms with E-state index in [9.17, 15) is 13.2 Å². The van der Waals surface area contributed by atoms with Gasteiger partial charge in [-0.25, -0.2) is 13.1 Å². The van der Waals surface area contributed by atoms with Crippen molar-refractivity contribution in [2.45, 2.75) is 11.4 Å². The lowest BCUT2D eigenvalue weighted by atomic mass is 10.3. The first-order chi connectivity index (χ1) is 11.4. The number of methoxy groups -OCH3 is 1. The summed E-state index contributed by atoms with van der Waals surface area (Å²) in [5, 5.41) is 2.74. The molecule has 2 aromatic rings. The van der Waals surface area contributed by atoms with Gasteiger partial charge in [-0.05, 0) is 30.3 Å². The standard InChI is InChI=1S/C15H16ClN3O4S/c1-23-14-6-5-12(8-13(14)16)24(21,22)19-10-15(20)18-9-11-4-2-3-7-17-11/h2-8,19H,9-10H2,1H3,(H,18,20). The molecular weight excluding hydrogens is 354 g/mol. The highest BCUT2D eigenvalue weighted by molar-refractivity contribution is 7.89. The van der Waals surface area contributed by atoms with Crippen LogP contribution in [0.2, 0.25) is 5.02 Å². The van der Waals surface area contributed by atoms with Crippen LogP contribution in [-0.4, -0.2) is 33.0 Å². The van der Waals surface area contributed by atoms with Crippen molar-refractivity contribution in [2.75, 3.05) is 13.7 Å². The van der Waals surface area contributed by atoms with E-state index in [1.165, 1.54) is 25.3 Å². The predicted octanol–water partition coefficient (Wildman–Crippen LogP) is 1.34. The Bertz CT molecular complexity index is 813. The average molecular weight is 370 g/mol.